The van der Waals surface area contributed by atoms with Crippen molar-refractivity contribution in [1.29, 1.82) is 0 Å². The number of ether oxygens (including phenoxy) is 1. The molecule has 0 aliphatic carbocycles. The van der Waals surface area contributed by atoms with Crippen molar-refractivity contribution in [3.8, 4) is 5.75 Å². The van der Waals surface area contributed by atoms with Crippen LogP contribution in [0.4, 0.5) is 16.3 Å². The summed E-state index contributed by atoms with van der Waals surface area (Å²) in [7, 11) is 1.58. The summed E-state index contributed by atoms with van der Waals surface area (Å²) >= 11 is 0. The number of likely N-dealkylation sites (tertiary alicyclic amines) is 1. The van der Waals surface area contributed by atoms with Gasteiger partial charge < -0.3 is 10.1 Å². The van der Waals surface area contributed by atoms with Crippen molar-refractivity contribution in [3.05, 3.63) is 54.5 Å². The first-order valence-corrected chi connectivity index (χ1v) is 11.0. The molecular weight excluding hydrogens is 406 g/mol. The van der Waals surface area contributed by atoms with Crippen LogP contribution in [0.3, 0.4) is 0 Å². The van der Waals surface area contributed by atoms with E-state index in [2.05, 4.69) is 45.8 Å². The maximum atomic E-state index is 12.6. The Kier molecular flexibility index (Phi) is 6.75. The minimum Gasteiger partial charge on any atom is -0.495 e. The first-order chi connectivity index (χ1) is 15.5. The van der Waals surface area contributed by atoms with Crippen LogP contribution in [0.1, 0.15) is 44.3 Å². The molecule has 1 aliphatic heterocycles. The number of benzene rings is 1. The number of amides is 2. The molecule has 0 atom stereocenters. The van der Waals surface area contributed by atoms with Gasteiger partial charge in [-0.25, -0.2) is 9.48 Å². The summed E-state index contributed by atoms with van der Waals surface area (Å²) in [6, 6.07) is 9.45. The van der Waals surface area contributed by atoms with Gasteiger partial charge in [-0.15, -0.1) is 0 Å². The number of urea groups is 1. The highest BCUT2D eigenvalue weighted by Crippen LogP contribution is 2.27. The zero-order chi connectivity index (χ0) is 22.5. The highest BCUT2D eigenvalue weighted by molar-refractivity contribution is 6.00. The third kappa shape index (κ3) is 5.11. The Morgan fingerprint density at radius 3 is 2.66 bits per heavy atom. The number of aromatic nitrogens is 4. The van der Waals surface area contributed by atoms with E-state index in [1.165, 1.54) is 5.56 Å². The molecule has 2 aromatic heterocycles. The fourth-order valence-corrected chi connectivity index (χ4v) is 4.04. The van der Waals surface area contributed by atoms with E-state index in [0.717, 1.165) is 32.5 Å². The van der Waals surface area contributed by atoms with Gasteiger partial charge in [0.25, 0.3) is 0 Å². The molecule has 0 radical (unpaired) electrons. The van der Waals surface area contributed by atoms with Crippen molar-refractivity contribution in [2.75, 3.05) is 30.8 Å². The predicted molar refractivity (Wildman–Crippen MR) is 124 cm³/mol. The number of anilines is 2. The van der Waals surface area contributed by atoms with E-state index < -0.39 is 0 Å². The molecular formula is C23H31N7O2. The number of nitrogens with zero attached hydrogens (tertiary/aromatic N) is 5. The average molecular weight is 438 g/mol. The lowest BCUT2D eigenvalue weighted by Gasteiger charge is -2.32. The Balaban J connectivity index is 1.32. The summed E-state index contributed by atoms with van der Waals surface area (Å²) in [5.74, 6) is 1.30. The molecule has 0 spiro atoms. The average Bonchev–Trinajstić information content (AvgIpc) is 3.44. The van der Waals surface area contributed by atoms with Gasteiger partial charge in [-0.3, -0.25) is 14.9 Å². The second-order valence-electron chi connectivity index (χ2n) is 8.37. The first kappa shape index (κ1) is 21.9. The van der Waals surface area contributed by atoms with Crippen LogP contribution in [-0.2, 0) is 6.54 Å². The van der Waals surface area contributed by atoms with Gasteiger partial charge in [-0.2, -0.15) is 10.2 Å². The standard InChI is InChI=1S/C23H31N7O2/c1-17(2)29-16-18(14-25-29)15-28-12-9-19(10-13-28)30-22(8-11-24-30)27-23(31)26-20-6-4-5-7-21(20)32-3/h4-8,11,14,16-17,19H,9-10,12-13,15H2,1-3H3,(H2,26,27,31). The molecule has 1 aliphatic rings. The molecule has 0 unspecified atom stereocenters. The quantitative estimate of drug-likeness (QED) is 0.580. The summed E-state index contributed by atoms with van der Waals surface area (Å²) < 4.78 is 9.22. The van der Waals surface area contributed by atoms with Crippen molar-refractivity contribution in [1.82, 2.24) is 24.5 Å². The second-order valence-corrected chi connectivity index (χ2v) is 8.37. The van der Waals surface area contributed by atoms with Crippen LogP contribution in [0.5, 0.6) is 5.75 Å². The molecule has 4 rings (SSSR count). The molecule has 9 nitrogen and oxygen atoms in total. The van der Waals surface area contributed by atoms with Gasteiger partial charge in [-0.1, -0.05) is 12.1 Å². The number of para-hydroxylation sites is 2. The monoisotopic (exact) mass is 437 g/mol. The minimum absolute atomic E-state index is 0.251. The lowest BCUT2D eigenvalue weighted by molar-refractivity contribution is 0.174. The zero-order valence-electron chi connectivity index (χ0n) is 18.9. The minimum atomic E-state index is -0.323. The predicted octanol–water partition coefficient (Wildman–Crippen LogP) is 4.15. The number of carbonyl (C=O) groups excluding carboxylic acids is 1. The Morgan fingerprint density at radius 2 is 1.94 bits per heavy atom. The maximum absolute atomic E-state index is 12.6. The largest absolute Gasteiger partial charge is 0.495 e. The summed E-state index contributed by atoms with van der Waals surface area (Å²) in [5.41, 5.74) is 1.86. The van der Waals surface area contributed by atoms with Crippen molar-refractivity contribution < 1.29 is 9.53 Å². The van der Waals surface area contributed by atoms with Crippen LogP contribution >= 0.6 is 0 Å². The van der Waals surface area contributed by atoms with Crippen molar-refractivity contribution in [2.45, 2.75) is 45.3 Å². The zero-order valence-corrected chi connectivity index (χ0v) is 18.9. The van der Waals surface area contributed by atoms with Gasteiger partial charge >= 0.3 is 6.03 Å². The Bertz CT molecular complexity index is 1030. The molecule has 170 valence electrons. The van der Waals surface area contributed by atoms with Crippen LogP contribution in [-0.4, -0.2) is 50.7 Å². The van der Waals surface area contributed by atoms with E-state index in [0.29, 0.717) is 23.3 Å². The normalized spacial score (nSPS) is 15.1. The maximum Gasteiger partial charge on any atom is 0.324 e. The summed E-state index contributed by atoms with van der Waals surface area (Å²) in [5, 5.41) is 14.7. The second kappa shape index (κ2) is 9.86. The van der Waals surface area contributed by atoms with Crippen LogP contribution in [0.15, 0.2) is 48.9 Å². The Labute approximate surface area is 188 Å². The van der Waals surface area contributed by atoms with E-state index in [9.17, 15) is 4.79 Å². The number of nitrogens with one attached hydrogen (secondary N) is 2. The van der Waals surface area contributed by atoms with E-state index in [-0.39, 0.29) is 12.1 Å². The van der Waals surface area contributed by atoms with E-state index in [1.54, 1.807) is 19.4 Å². The van der Waals surface area contributed by atoms with E-state index in [4.69, 9.17) is 4.74 Å². The lowest BCUT2D eigenvalue weighted by atomic mass is 10.0. The van der Waals surface area contributed by atoms with Gasteiger partial charge in [0, 0.05) is 43.5 Å². The van der Waals surface area contributed by atoms with Crippen molar-refractivity contribution in [3.63, 3.8) is 0 Å². The molecule has 1 aromatic carbocycles. The summed E-state index contributed by atoms with van der Waals surface area (Å²) in [6.45, 7) is 7.13. The fourth-order valence-electron chi connectivity index (χ4n) is 4.04. The van der Waals surface area contributed by atoms with Gasteiger partial charge in [0.2, 0.25) is 0 Å². The van der Waals surface area contributed by atoms with Crippen LogP contribution in [0, 0.1) is 0 Å². The van der Waals surface area contributed by atoms with Crippen molar-refractivity contribution >= 4 is 17.5 Å². The molecule has 32 heavy (non-hydrogen) atoms. The highest BCUT2D eigenvalue weighted by Gasteiger charge is 2.23. The van der Waals surface area contributed by atoms with Gasteiger partial charge in [-0.05, 0) is 38.8 Å². The molecule has 9 heteroatoms. The molecule has 0 bridgehead atoms. The summed E-state index contributed by atoms with van der Waals surface area (Å²) in [4.78, 5) is 15.0. The van der Waals surface area contributed by atoms with Gasteiger partial charge in [0.1, 0.15) is 11.6 Å². The van der Waals surface area contributed by atoms with E-state index in [1.807, 2.05) is 39.8 Å². The first-order valence-electron chi connectivity index (χ1n) is 11.0. The van der Waals surface area contributed by atoms with E-state index >= 15 is 0 Å². The molecule has 1 saturated heterocycles. The topological polar surface area (TPSA) is 89.2 Å². The van der Waals surface area contributed by atoms with Gasteiger partial charge in [0.15, 0.2) is 0 Å². The molecule has 3 heterocycles. The number of piperidine rings is 1. The van der Waals surface area contributed by atoms with Crippen LogP contribution in [0.25, 0.3) is 0 Å². The lowest BCUT2D eigenvalue weighted by Crippen LogP contribution is -2.35. The third-order valence-corrected chi connectivity index (χ3v) is 5.76. The third-order valence-electron chi connectivity index (χ3n) is 5.76. The number of carbonyl (C=O) groups is 1. The SMILES string of the molecule is COc1ccccc1NC(=O)Nc1ccnn1C1CCN(Cc2cnn(C(C)C)c2)CC1. The Morgan fingerprint density at radius 1 is 1.16 bits per heavy atom. The smallest absolute Gasteiger partial charge is 0.324 e. The summed E-state index contributed by atoms with van der Waals surface area (Å²) in [6.07, 6.45) is 7.77. The molecule has 3 aromatic rings. The number of methoxy groups -OCH3 is 1. The molecule has 2 N–H and O–H groups in total. The number of hydrogen-bond acceptors (Lipinski definition) is 5. The molecule has 1 fully saturated rings. The van der Waals surface area contributed by atoms with Crippen molar-refractivity contribution in [2.24, 2.45) is 0 Å². The number of rotatable bonds is 7. The fraction of sp³-hybridized carbons (Fsp3) is 0.435. The number of hydrogen-bond donors (Lipinski definition) is 2. The van der Waals surface area contributed by atoms with Crippen LogP contribution < -0.4 is 15.4 Å². The van der Waals surface area contributed by atoms with Gasteiger partial charge in [0.05, 0.1) is 31.2 Å². The Hall–Kier alpha value is -3.33. The van der Waals surface area contributed by atoms with Crippen LogP contribution in [0.2, 0.25) is 0 Å². The highest BCUT2D eigenvalue weighted by atomic mass is 16.5. The molecule has 0 saturated carbocycles. The molecule has 2 amide bonds.